The minimum atomic E-state index is -3.13. The van der Waals surface area contributed by atoms with Crippen LogP contribution in [0.15, 0.2) is 41.9 Å². The van der Waals surface area contributed by atoms with Crippen LogP contribution in [-0.4, -0.2) is 31.1 Å². The summed E-state index contributed by atoms with van der Waals surface area (Å²) in [4.78, 5) is 15.1. The highest BCUT2D eigenvalue weighted by Gasteiger charge is 2.22. The summed E-state index contributed by atoms with van der Waals surface area (Å²) in [6, 6.07) is 7.54. The molecule has 0 fully saturated rings. The second-order valence-electron chi connectivity index (χ2n) is 5.19. The highest BCUT2D eigenvalue weighted by molar-refractivity contribution is 7.94. The summed E-state index contributed by atoms with van der Waals surface area (Å²) < 4.78 is 22.5. The molecule has 1 amide bonds. The molecule has 2 heterocycles. The molecule has 1 atom stereocenters. The van der Waals surface area contributed by atoms with Gasteiger partial charge in [-0.3, -0.25) is 4.79 Å². The van der Waals surface area contributed by atoms with E-state index >= 15 is 0 Å². The van der Waals surface area contributed by atoms with Crippen molar-refractivity contribution in [3.63, 3.8) is 0 Å². The predicted molar refractivity (Wildman–Crippen MR) is 81.5 cm³/mol. The van der Waals surface area contributed by atoms with E-state index in [4.69, 9.17) is 0 Å². The SMILES string of the molecule is O=C(CCc1c[nH]c2ccccc12)NC1C=CS(=O)(=O)C1. The summed E-state index contributed by atoms with van der Waals surface area (Å²) in [5.41, 5.74) is 2.15. The molecule has 2 N–H and O–H groups in total. The van der Waals surface area contributed by atoms with Crippen LogP contribution in [0.1, 0.15) is 12.0 Å². The first-order valence-corrected chi connectivity index (χ1v) is 8.50. The van der Waals surface area contributed by atoms with E-state index in [1.165, 1.54) is 6.08 Å². The number of sulfone groups is 1. The molecule has 0 radical (unpaired) electrons. The molecular weight excluding hydrogens is 288 g/mol. The fraction of sp³-hybridized carbons (Fsp3) is 0.267. The summed E-state index contributed by atoms with van der Waals surface area (Å²) >= 11 is 0. The third-order valence-electron chi connectivity index (χ3n) is 3.57. The van der Waals surface area contributed by atoms with Gasteiger partial charge in [0.2, 0.25) is 5.91 Å². The molecular formula is C15H16N2O3S. The third kappa shape index (κ3) is 3.16. The minimum Gasteiger partial charge on any atom is -0.361 e. The summed E-state index contributed by atoms with van der Waals surface area (Å²) in [5, 5.41) is 5.01. The van der Waals surface area contributed by atoms with Crippen molar-refractivity contribution >= 4 is 26.6 Å². The van der Waals surface area contributed by atoms with Gasteiger partial charge in [0.25, 0.3) is 0 Å². The number of rotatable bonds is 4. The fourth-order valence-corrected chi connectivity index (χ4v) is 3.77. The molecule has 0 bridgehead atoms. The van der Waals surface area contributed by atoms with E-state index in [0.29, 0.717) is 12.8 Å². The van der Waals surface area contributed by atoms with Crippen molar-refractivity contribution in [1.82, 2.24) is 10.3 Å². The number of aromatic amines is 1. The van der Waals surface area contributed by atoms with Crippen LogP contribution in [0.3, 0.4) is 0 Å². The molecule has 0 saturated heterocycles. The Balaban J connectivity index is 1.58. The first kappa shape index (κ1) is 13.9. The molecule has 2 aromatic rings. The first-order chi connectivity index (χ1) is 10.0. The van der Waals surface area contributed by atoms with E-state index in [2.05, 4.69) is 10.3 Å². The van der Waals surface area contributed by atoms with Crippen molar-refractivity contribution in [1.29, 1.82) is 0 Å². The zero-order valence-corrected chi connectivity index (χ0v) is 12.2. The van der Waals surface area contributed by atoms with Gasteiger partial charge in [0, 0.05) is 28.9 Å². The maximum absolute atomic E-state index is 11.9. The van der Waals surface area contributed by atoms with Crippen LogP contribution in [0.4, 0.5) is 0 Å². The number of aryl methyl sites for hydroxylation is 1. The van der Waals surface area contributed by atoms with Crippen molar-refractivity contribution in [3.8, 4) is 0 Å². The summed E-state index contributed by atoms with van der Waals surface area (Å²) in [6.45, 7) is 0. The van der Waals surface area contributed by atoms with Crippen molar-refractivity contribution < 1.29 is 13.2 Å². The quantitative estimate of drug-likeness (QED) is 0.899. The lowest BCUT2D eigenvalue weighted by atomic mass is 10.1. The molecule has 1 unspecified atom stereocenters. The van der Waals surface area contributed by atoms with E-state index in [1.807, 2.05) is 30.5 Å². The van der Waals surface area contributed by atoms with E-state index in [1.54, 1.807) is 0 Å². The zero-order valence-electron chi connectivity index (χ0n) is 11.4. The number of H-pyrrole nitrogens is 1. The Bertz CT molecular complexity index is 805. The number of para-hydroxylation sites is 1. The zero-order chi connectivity index (χ0) is 14.9. The second-order valence-corrected chi connectivity index (χ2v) is 7.12. The minimum absolute atomic E-state index is 0.0359. The molecule has 6 heteroatoms. The summed E-state index contributed by atoms with van der Waals surface area (Å²) in [7, 11) is -3.13. The van der Waals surface area contributed by atoms with Crippen molar-refractivity contribution in [3.05, 3.63) is 47.5 Å². The Kier molecular flexibility index (Phi) is 3.55. The number of hydrogen-bond donors (Lipinski definition) is 2. The van der Waals surface area contributed by atoms with E-state index < -0.39 is 15.9 Å². The second kappa shape index (κ2) is 5.37. The van der Waals surface area contributed by atoms with Crippen LogP contribution < -0.4 is 5.32 Å². The summed E-state index contributed by atoms with van der Waals surface area (Å²) in [6.07, 6.45) is 4.40. The smallest absolute Gasteiger partial charge is 0.220 e. The van der Waals surface area contributed by atoms with Crippen LogP contribution in [0.25, 0.3) is 10.9 Å². The van der Waals surface area contributed by atoms with Crippen LogP contribution in [0.5, 0.6) is 0 Å². The molecule has 5 nitrogen and oxygen atoms in total. The maximum atomic E-state index is 11.9. The number of carbonyl (C=O) groups is 1. The van der Waals surface area contributed by atoms with E-state index in [-0.39, 0.29) is 11.7 Å². The van der Waals surface area contributed by atoms with Gasteiger partial charge in [-0.15, -0.1) is 0 Å². The van der Waals surface area contributed by atoms with Crippen LogP contribution in [0, 0.1) is 0 Å². The van der Waals surface area contributed by atoms with Gasteiger partial charge in [0.1, 0.15) is 0 Å². The lowest BCUT2D eigenvalue weighted by Gasteiger charge is -2.09. The molecule has 1 aromatic heterocycles. The number of nitrogens with one attached hydrogen (secondary N) is 2. The molecule has 0 spiro atoms. The molecule has 0 aliphatic carbocycles. The Labute approximate surface area is 123 Å². The van der Waals surface area contributed by atoms with Gasteiger partial charge in [-0.25, -0.2) is 8.42 Å². The average Bonchev–Trinajstić information content (AvgIpc) is 3.00. The Hall–Kier alpha value is -2.08. The van der Waals surface area contributed by atoms with Gasteiger partial charge in [-0.05, 0) is 24.1 Å². The van der Waals surface area contributed by atoms with Gasteiger partial charge < -0.3 is 10.3 Å². The van der Waals surface area contributed by atoms with Crippen LogP contribution in [-0.2, 0) is 21.1 Å². The third-order valence-corrected chi connectivity index (χ3v) is 4.97. The number of amides is 1. The maximum Gasteiger partial charge on any atom is 0.220 e. The fourth-order valence-electron chi connectivity index (χ4n) is 2.53. The number of fused-ring (bicyclic) bond motifs is 1. The largest absolute Gasteiger partial charge is 0.361 e. The molecule has 1 aliphatic heterocycles. The lowest BCUT2D eigenvalue weighted by Crippen LogP contribution is -2.35. The highest BCUT2D eigenvalue weighted by Crippen LogP contribution is 2.19. The van der Waals surface area contributed by atoms with E-state index in [0.717, 1.165) is 21.9 Å². The van der Waals surface area contributed by atoms with E-state index in [9.17, 15) is 13.2 Å². The van der Waals surface area contributed by atoms with Gasteiger partial charge in [-0.1, -0.05) is 18.2 Å². The van der Waals surface area contributed by atoms with Crippen LogP contribution in [0.2, 0.25) is 0 Å². The van der Waals surface area contributed by atoms with Crippen molar-refractivity contribution in [2.45, 2.75) is 18.9 Å². The molecule has 0 saturated carbocycles. The topological polar surface area (TPSA) is 79.0 Å². The van der Waals surface area contributed by atoms with Gasteiger partial charge in [0.05, 0.1) is 11.8 Å². The average molecular weight is 304 g/mol. The molecule has 3 rings (SSSR count). The monoisotopic (exact) mass is 304 g/mol. The van der Waals surface area contributed by atoms with Gasteiger partial charge in [-0.2, -0.15) is 0 Å². The molecule has 1 aromatic carbocycles. The Morgan fingerprint density at radius 3 is 2.90 bits per heavy atom. The lowest BCUT2D eigenvalue weighted by molar-refractivity contribution is -0.121. The number of carbonyl (C=O) groups excluding carboxylic acids is 1. The van der Waals surface area contributed by atoms with Crippen molar-refractivity contribution in [2.24, 2.45) is 0 Å². The highest BCUT2D eigenvalue weighted by atomic mass is 32.2. The standard InChI is InChI=1S/C15H16N2O3S/c18-15(17-12-7-8-21(19,20)10-12)6-5-11-9-16-14-4-2-1-3-13(11)14/h1-4,7-9,12,16H,5-6,10H2,(H,17,18). The predicted octanol–water partition coefficient (Wildman–Crippen LogP) is 1.53. The number of hydrogen-bond acceptors (Lipinski definition) is 3. The van der Waals surface area contributed by atoms with Crippen LogP contribution >= 0.6 is 0 Å². The van der Waals surface area contributed by atoms with Gasteiger partial charge in [0.15, 0.2) is 9.84 Å². The Morgan fingerprint density at radius 2 is 2.14 bits per heavy atom. The number of aromatic nitrogens is 1. The molecule has 110 valence electrons. The normalized spacial score (nSPS) is 19.9. The number of benzene rings is 1. The summed E-state index contributed by atoms with van der Waals surface area (Å²) in [5.74, 6) is -0.168. The van der Waals surface area contributed by atoms with Gasteiger partial charge >= 0.3 is 0 Å². The Morgan fingerprint density at radius 1 is 1.33 bits per heavy atom. The molecule has 21 heavy (non-hydrogen) atoms. The first-order valence-electron chi connectivity index (χ1n) is 6.79. The van der Waals surface area contributed by atoms with Crippen molar-refractivity contribution in [2.75, 3.05) is 5.75 Å². The molecule has 1 aliphatic rings.